The quantitative estimate of drug-likeness (QED) is 0.221. The second-order valence-corrected chi connectivity index (χ2v) is 8.25. The summed E-state index contributed by atoms with van der Waals surface area (Å²) >= 11 is 0. The third-order valence-electron chi connectivity index (χ3n) is 5.87. The molecule has 1 N–H and O–H groups in total. The fourth-order valence-electron chi connectivity index (χ4n) is 4.10. The third kappa shape index (κ3) is 6.12. The molecule has 3 aromatic carbocycles. The Labute approximate surface area is 210 Å². The lowest BCUT2D eigenvalue weighted by Crippen LogP contribution is -2.26. The Kier molecular flexibility index (Phi) is 8.36. The molecule has 7 heteroatoms. The number of carbonyl (C=O) groups is 1. The molecular formula is C29H30N2O5. The summed E-state index contributed by atoms with van der Waals surface area (Å²) < 4.78 is 13.4. The van der Waals surface area contributed by atoms with E-state index < -0.39 is 12.1 Å². The van der Waals surface area contributed by atoms with Crippen LogP contribution in [-0.2, 0) is 27.3 Å². The zero-order valence-electron chi connectivity index (χ0n) is 20.5. The zero-order chi connectivity index (χ0) is 25.3. The van der Waals surface area contributed by atoms with Gasteiger partial charge in [0.25, 0.3) is 0 Å². The molecule has 0 aliphatic carbocycles. The van der Waals surface area contributed by atoms with Crippen molar-refractivity contribution < 1.29 is 24.2 Å². The number of aromatic nitrogens is 1. The average molecular weight is 487 g/mol. The van der Waals surface area contributed by atoms with Gasteiger partial charge >= 0.3 is 5.97 Å². The topological polar surface area (TPSA) is 82.3 Å². The van der Waals surface area contributed by atoms with Crippen LogP contribution >= 0.6 is 0 Å². The van der Waals surface area contributed by atoms with Crippen molar-refractivity contribution in [2.24, 2.45) is 5.16 Å². The lowest BCUT2D eigenvalue weighted by atomic mass is 10.0. The molecule has 0 saturated heterocycles. The van der Waals surface area contributed by atoms with Crippen molar-refractivity contribution in [3.05, 3.63) is 102 Å². The first-order chi connectivity index (χ1) is 17.6. The summed E-state index contributed by atoms with van der Waals surface area (Å²) in [6.07, 6.45) is 1.53. The highest BCUT2D eigenvalue weighted by Gasteiger charge is 2.18. The molecule has 36 heavy (non-hydrogen) atoms. The zero-order valence-corrected chi connectivity index (χ0v) is 20.5. The van der Waals surface area contributed by atoms with Gasteiger partial charge in [-0.15, -0.1) is 0 Å². The molecule has 0 radical (unpaired) electrons. The highest BCUT2D eigenvalue weighted by atomic mass is 16.6. The lowest BCUT2D eigenvalue weighted by Gasteiger charge is -2.13. The van der Waals surface area contributed by atoms with E-state index in [1.807, 2.05) is 54.6 Å². The Hall–Kier alpha value is -4.10. The van der Waals surface area contributed by atoms with Gasteiger partial charge in [0.05, 0.1) is 6.54 Å². The van der Waals surface area contributed by atoms with Crippen LogP contribution in [0.3, 0.4) is 0 Å². The minimum atomic E-state index is -0.955. The molecule has 0 spiro atoms. The van der Waals surface area contributed by atoms with Gasteiger partial charge in [0.15, 0.2) is 6.10 Å². The summed E-state index contributed by atoms with van der Waals surface area (Å²) in [5.74, 6) is -0.221. The van der Waals surface area contributed by atoms with Crippen LogP contribution in [-0.4, -0.2) is 47.8 Å². The summed E-state index contributed by atoms with van der Waals surface area (Å²) in [6, 6.07) is 25.8. The van der Waals surface area contributed by atoms with Crippen LogP contribution < -0.4 is 4.74 Å². The molecule has 1 aromatic heterocycles. The van der Waals surface area contributed by atoms with E-state index in [-0.39, 0.29) is 0 Å². The number of aliphatic carboxylic acids is 1. The van der Waals surface area contributed by atoms with Crippen LogP contribution in [0.15, 0.2) is 90.2 Å². The first-order valence-corrected chi connectivity index (χ1v) is 11.9. The van der Waals surface area contributed by atoms with Crippen molar-refractivity contribution in [1.29, 1.82) is 0 Å². The molecule has 0 bridgehead atoms. The second-order valence-electron chi connectivity index (χ2n) is 8.25. The van der Waals surface area contributed by atoms with Crippen molar-refractivity contribution in [3.8, 4) is 5.75 Å². The van der Waals surface area contributed by atoms with Crippen LogP contribution in [0.2, 0.25) is 0 Å². The number of rotatable bonds is 12. The number of carboxylic acid groups (broad SMARTS) is 1. The van der Waals surface area contributed by atoms with Crippen LogP contribution in [0.25, 0.3) is 10.9 Å². The largest absolute Gasteiger partial charge is 0.492 e. The van der Waals surface area contributed by atoms with E-state index >= 15 is 0 Å². The number of fused-ring (bicyclic) bond motifs is 1. The van der Waals surface area contributed by atoms with Gasteiger partial charge in [-0.25, -0.2) is 4.79 Å². The number of hydrogen-bond donors (Lipinski definition) is 1. The van der Waals surface area contributed by atoms with Gasteiger partial charge in [0.2, 0.25) is 0 Å². The molecule has 0 fully saturated rings. The fourth-order valence-corrected chi connectivity index (χ4v) is 4.10. The maximum atomic E-state index is 11.3. The van der Waals surface area contributed by atoms with E-state index in [0.29, 0.717) is 26.2 Å². The standard InChI is InChI=1S/C29H30N2O5/c1-3-35-27(29(32)33)19-21-9-13-25(14-10-21)36-18-17-31-16-15-22-11-12-24(20-26(22)31)28(30-34-2)23-7-5-4-6-8-23/h4-16,20,27H,3,17-19H2,1-2H3,(H,32,33)/b30-28-/t27-/m0/s1. The second kappa shape index (κ2) is 12.0. The molecule has 0 saturated carbocycles. The van der Waals surface area contributed by atoms with E-state index in [2.05, 4.69) is 40.2 Å². The van der Waals surface area contributed by atoms with Crippen LogP contribution in [0, 0.1) is 0 Å². The molecule has 1 atom stereocenters. The molecule has 4 rings (SSSR count). The van der Waals surface area contributed by atoms with Gasteiger partial charge in [-0.3, -0.25) is 0 Å². The van der Waals surface area contributed by atoms with E-state index in [4.69, 9.17) is 14.3 Å². The number of nitrogens with zero attached hydrogens (tertiary/aromatic N) is 2. The highest BCUT2D eigenvalue weighted by molar-refractivity contribution is 6.13. The first kappa shape index (κ1) is 25.0. The van der Waals surface area contributed by atoms with E-state index in [0.717, 1.165) is 39.1 Å². The van der Waals surface area contributed by atoms with Crippen molar-refractivity contribution in [3.63, 3.8) is 0 Å². The number of oxime groups is 1. The molecule has 0 amide bonds. The van der Waals surface area contributed by atoms with Gasteiger partial charge in [-0.05, 0) is 42.1 Å². The Balaban J connectivity index is 1.42. The molecule has 7 nitrogen and oxygen atoms in total. The SMILES string of the molecule is CCO[C@@H](Cc1ccc(OCCn2ccc3ccc(/C(=N\OC)c4ccccc4)cc32)cc1)C(=O)O. The smallest absolute Gasteiger partial charge is 0.333 e. The Morgan fingerprint density at radius 1 is 1.00 bits per heavy atom. The number of ether oxygens (including phenoxy) is 2. The Bertz CT molecular complexity index is 1310. The number of benzene rings is 3. The monoisotopic (exact) mass is 486 g/mol. The minimum absolute atomic E-state index is 0.318. The van der Waals surface area contributed by atoms with Crippen LogP contribution in [0.5, 0.6) is 5.75 Å². The van der Waals surface area contributed by atoms with Gasteiger partial charge in [0, 0.05) is 35.9 Å². The van der Waals surface area contributed by atoms with Crippen molar-refractivity contribution in [2.45, 2.75) is 26.0 Å². The van der Waals surface area contributed by atoms with Gasteiger partial charge in [0.1, 0.15) is 25.2 Å². The molecule has 0 aliphatic rings. The van der Waals surface area contributed by atoms with Crippen LogP contribution in [0.1, 0.15) is 23.6 Å². The van der Waals surface area contributed by atoms with Crippen molar-refractivity contribution in [1.82, 2.24) is 4.57 Å². The molecular weight excluding hydrogens is 456 g/mol. The highest BCUT2D eigenvalue weighted by Crippen LogP contribution is 2.21. The fraction of sp³-hybridized carbons (Fsp3) is 0.241. The summed E-state index contributed by atoms with van der Waals surface area (Å²) in [4.78, 5) is 16.4. The number of carboxylic acids is 1. The Morgan fingerprint density at radius 3 is 2.47 bits per heavy atom. The molecule has 186 valence electrons. The van der Waals surface area contributed by atoms with E-state index in [1.54, 1.807) is 14.0 Å². The maximum absolute atomic E-state index is 11.3. The maximum Gasteiger partial charge on any atom is 0.333 e. The molecule has 0 aliphatic heterocycles. The van der Waals surface area contributed by atoms with E-state index in [9.17, 15) is 9.90 Å². The van der Waals surface area contributed by atoms with Crippen molar-refractivity contribution in [2.75, 3.05) is 20.3 Å². The predicted molar refractivity (Wildman–Crippen MR) is 140 cm³/mol. The molecule has 0 unspecified atom stereocenters. The van der Waals surface area contributed by atoms with Gasteiger partial charge in [-0.1, -0.05) is 59.8 Å². The molecule has 4 aromatic rings. The predicted octanol–water partition coefficient (Wildman–Crippen LogP) is 5.15. The summed E-state index contributed by atoms with van der Waals surface area (Å²) in [5.41, 5.74) is 4.71. The van der Waals surface area contributed by atoms with E-state index in [1.165, 1.54) is 0 Å². The lowest BCUT2D eigenvalue weighted by molar-refractivity contribution is -0.149. The third-order valence-corrected chi connectivity index (χ3v) is 5.87. The Morgan fingerprint density at radius 2 is 1.78 bits per heavy atom. The van der Waals surface area contributed by atoms with Crippen LogP contribution in [0.4, 0.5) is 0 Å². The average Bonchev–Trinajstić information content (AvgIpc) is 3.30. The normalized spacial score (nSPS) is 12.4. The summed E-state index contributed by atoms with van der Waals surface area (Å²) in [5, 5.41) is 14.7. The van der Waals surface area contributed by atoms with Gasteiger partial charge in [-0.2, -0.15) is 0 Å². The van der Waals surface area contributed by atoms with Gasteiger partial charge < -0.3 is 24.0 Å². The van der Waals surface area contributed by atoms with Crippen molar-refractivity contribution >= 4 is 22.6 Å². The molecule has 1 heterocycles. The first-order valence-electron chi connectivity index (χ1n) is 11.9. The number of hydrogen-bond acceptors (Lipinski definition) is 5. The summed E-state index contributed by atoms with van der Waals surface area (Å²) in [7, 11) is 1.55. The summed E-state index contributed by atoms with van der Waals surface area (Å²) in [6.45, 7) is 3.31. The minimum Gasteiger partial charge on any atom is -0.492 e.